The summed E-state index contributed by atoms with van der Waals surface area (Å²) >= 11 is 0. The highest BCUT2D eigenvalue weighted by Crippen LogP contribution is 2.25. The fraction of sp³-hybridized carbons (Fsp3) is 0.273. The molecule has 7 nitrogen and oxygen atoms in total. The number of hydrogen-bond acceptors (Lipinski definition) is 5. The van der Waals surface area contributed by atoms with Gasteiger partial charge in [0, 0.05) is 0 Å². The first-order chi connectivity index (χ1) is 13.8. The fourth-order valence-electron chi connectivity index (χ4n) is 3.15. The molecule has 150 valence electrons. The number of nitrogens with one attached hydrogen (secondary N) is 1. The van der Waals surface area contributed by atoms with Crippen LogP contribution in [0.25, 0.3) is 0 Å². The maximum absolute atomic E-state index is 12.5. The van der Waals surface area contributed by atoms with Crippen LogP contribution in [0.3, 0.4) is 0 Å². The molecule has 0 saturated heterocycles. The van der Waals surface area contributed by atoms with Crippen LogP contribution in [0.2, 0.25) is 0 Å². The zero-order chi connectivity index (χ0) is 21.1. The molecule has 3 amide bonds. The standard InChI is InChI=1S/C22H22N2O5/c1-13(16-9-5-4-6-10-16)23-19(25)15(3)29-22(28)14(2)24-20(26)17-11-7-8-12-18(17)21(24)27/h4-15H,1-3H3,(H,23,25). The van der Waals surface area contributed by atoms with Gasteiger partial charge >= 0.3 is 5.97 Å². The minimum absolute atomic E-state index is 0.250. The first-order valence-electron chi connectivity index (χ1n) is 9.34. The molecule has 2 aromatic rings. The van der Waals surface area contributed by atoms with Crippen molar-refractivity contribution < 1.29 is 23.9 Å². The van der Waals surface area contributed by atoms with E-state index in [2.05, 4.69) is 5.32 Å². The summed E-state index contributed by atoms with van der Waals surface area (Å²) in [5.74, 6) is -2.39. The zero-order valence-corrected chi connectivity index (χ0v) is 16.4. The average molecular weight is 394 g/mol. The highest BCUT2D eigenvalue weighted by molar-refractivity contribution is 6.22. The second kappa shape index (κ2) is 8.26. The molecular weight excluding hydrogens is 372 g/mol. The SMILES string of the molecule is CC(OC(=O)C(C)N1C(=O)c2ccccc2C1=O)C(=O)NC(C)c1ccccc1. The molecule has 0 spiro atoms. The van der Waals surface area contributed by atoms with Gasteiger partial charge in [-0.1, -0.05) is 42.5 Å². The van der Waals surface area contributed by atoms with Crippen LogP contribution in [0.5, 0.6) is 0 Å². The maximum atomic E-state index is 12.5. The van der Waals surface area contributed by atoms with E-state index >= 15 is 0 Å². The van der Waals surface area contributed by atoms with Crippen molar-refractivity contribution in [1.29, 1.82) is 0 Å². The topological polar surface area (TPSA) is 92.8 Å². The Labute approximate surface area is 168 Å². The number of carbonyl (C=O) groups excluding carboxylic acids is 4. The molecule has 0 aromatic heterocycles. The second-order valence-corrected chi connectivity index (χ2v) is 6.92. The van der Waals surface area contributed by atoms with Crippen molar-refractivity contribution in [2.45, 2.75) is 39.0 Å². The van der Waals surface area contributed by atoms with E-state index in [0.29, 0.717) is 0 Å². The molecular formula is C22H22N2O5. The highest BCUT2D eigenvalue weighted by atomic mass is 16.5. The van der Waals surface area contributed by atoms with Gasteiger partial charge in [-0.25, -0.2) is 4.79 Å². The molecule has 0 radical (unpaired) electrons. The smallest absolute Gasteiger partial charge is 0.329 e. The van der Waals surface area contributed by atoms with Gasteiger partial charge in [-0.15, -0.1) is 0 Å². The third-order valence-corrected chi connectivity index (χ3v) is 4.87. The molecule has 0 fully saturated rings. The minimum atomic E-state index is -1.15. The number of rotatable bonds is 6. The van der Waals surface area contributed by atoms with Crippen molar-refractivity contribution in [2.24, 2.45) is 0 Å². The monoisotopic (exact) mass is 394 g/mol. The zero-order valence-electron chi connectivity index (χ0n) is 16.4. The van der Waals surface area contributed by atoms with E-state index in [4.69, 9.17) is 4.74 Å². The molecule has 0 saturated carbocycles. The summed E-state index contributed by atoms with van der Waals surface area (Å²) in [5, 5.41) is 2.78. The first-order valence-corrected chi connectivity index (χ1v) is 9.34. The molecule has 3 unspecified atom stereocenters. The van der Waals surface area contributed by atoms with Crippen LogP contribution in [-0.4, -0.2) is 40.7 Å². The van der Waals surface area contributed by atoms with Gasteiger partial charge in [-0.3, -0.25) is 19.3 Å². The van der Waals surface area contributed by atoms with Gasteiger partial charge in [-0.2, -0.15) is 0 Å². The summed E-state index contributed by atoms with van der Waals surface area (Å²) in [4.78, 5) is 50.7. The number of nitrogens with zero attached hydrogens (tertiary/aromatic N) is 1. The average Bonchev–Trinajstić information content (AvgIpc) is 2.98. The lowest BCUT2D eigenvalue weighted by Crippen LogP contribution is -2.46. The molecule has 2 aromatic carbocycles. The van der Waals surface area contributed by atoms with E-state index in [0.717, 1.165) is 10.5 Å². The number of hydrogen-bond donors (Lipinski definition) is 1. The van der Waals surface area contributed by atoms with Crippen molar-refractivity contribution in [3.05, 3.63) is 71.3 Å². The number of carbonyl (C=O) groups is 4. The number of imide groups is 1. The summed E-state index contributed by atoms with van der Waals surface area (Å²) in [6.07, 6.45) is -1.08. The van der Waals surface area contributed by atoms with Crippen molar-refractivity contribution >= 4 is 23.7 Å². The van der Waals surface area contributed by atoms with E-state index in [9.17, 15) is 19.2 Å². The third kappa shape index (κ3) is 4.03. The van der Waals surface area contributed by atoms with Crippen LogP contribution in [0.4, 0.5) is 0 Å². The summed E-state index contributed by atoms with van der Waals surface area (Å²) in [5.41, 5.74) is 1.41. The first kappa shape index (κ1) is 20.3. The molecule has 1 N–H and O–H groups in total. The van der Waals surface area contributed by atoms with Gasteiger partial charge in [-0.05, 0) is 38.5 Å². The molecule has 1 aliphatic rings. The van der Waals surface area contributed by atoms with E-state index < -0.39 is 35.8 Å². The van der Waals surface area contributed by atoms with Gasteiger partial charge in [0.25, 0.3) is 17.7 Å². The fourth-order valence-corrected chi connectivity index (χ4v) is 3.15. The number of fused-ring (bicyclic) bond motifs is 1. The van der Waals surface area contributed by atoms with Crippen LogP contribution in [-0.2, 0) is 14.3 Å². The molecule has 29 heavy (non-hydrogen) atoms. The highest BCUT2D eigenvalue weighted by Gasteiger charge is 2.41. The Hall–Kier alpha value is -3.48. The Kier molecular flexibility index (Phi) is 5.77. The van der Waals surface area contributed by atoms with Gasteiger partial charge < -0.3 is 10.1 Å². The third-order valence-electron chi connectivity index (χ3n) is 4.87. The van der Waals surface area contributed by atoms with Crippen molar-refractivity contribution in [2.75, 3.05) is 0 Å². The number of benzene rings is 2. The van der Waals surface area contributed by atoms with E-state index in [1.165, 1.54) is 26.0 Å². The number of esters is 1. The molecule has 7 heteroatoms. The Morgan fingerprint density at radius 1 is 0.862 bits per heavy atom. The predicted octanol–water partition coefficient (Wildman–Crippen LogP) is 2.48. The quantitative estimate of drug-likeness (QED) is 0.600. The van der Waals surface area contributed by atoms with Crippen LogP contribution in [0.15, 0.2) is 54.6 Å². The largest absolute Gasteiger partial charge is 0.451 e. The summed E-state index contributed by atoms with van der Waals surface area (Å²) in [6, 6.07) is 14.3. The van der Waals surface area contributed by atoms with Crippen LogP contribution >= 0.6 is 0 Å². The Bertz CT molecular complexity index is 922. The summed E-state index contributed by atoms with van der Waals surface area (Å²) in [7, 11) is 0. The van der Waals surface area contributed by atoms with Gasteiger partial charge in [0.15, 0.2) is 6.10 Å². The Balaban J connectivity index is 1.62. The molecule has 0 aliphatic carbocycles. The molecule has 0 bridgehead atoms. The Morgan fingerprint density at radius 3 is 1.93 bits per heavy atom. The lowest BCUT2D eigenvalue weighted by Gasteiger charge is -2.23. The van der Waals surface area contributed by atoms with Crippen LogP contribution < -0.4 is 5.32 Å². The van der Waals surface area contributed by atoms with Gasteiger partial charge in [0.05, 0.1) is 17.2 Å². The van der Waals surface area contributed by atoms with Crippen molar-refractivity contribution in [3.63, 3.8) is 0 Å². The van der Waals surface area contributed by atoms with Gasteiger partial charge in [0.2, 0.25) is 0 Å². The molecule has 1 aliphatic heterocycles. The van der Waals surface area contributed by atoms with Crippen LogP contribution in [0.1, 0.15) is 53.1 Å². The lowest BCUT2D eigenvalue weighted by molar-refractivity contribution is -0.158. The van der Waals surface area contributed by atoms with E-state index in [-0.39, 0.29) is 17.2 Å². The maximum Gasteiger partial charge on any atom is 0.329 e. The lowest BCUT2D eigenvalue weighted by atomic mass is 10.1. The van der Waals surface area contributed by atoms with Gasteiger partial charge in [0.1, 0.15) is 6.04 Å². The normalized spacial score (nSPS) is 16.0. The van der Waals surface area contributed by atoms with Crippen molar-refractivity contribution in [1.82, 2.24) is 10.2 Å². The number of amides is 3. The summed E-state index contributed by atoms with van der Waals surface area (Å²) < 4.78 is 5.22. The van der Waals surface area contributed by atoms with Crippen molar-refractivity contribution in [3.8, 4) is 0 Å². The number of ether oxygens (including phenoxy) is 1. The minimum Gasteiger partial charge on any atom is -0.451 e. The summed E-state index contributed by atoms with van der Waals surface area (Å²) in [6.45, 7) is 4.67. The van der Waals surface area contributed by atoms with E-state index in [1.807, 2.05) is 37.3 Å². The Morgan fingerprint density at radius 2 is 1.38 bits per heavy atom. The van der Waals surface area contributed by atoms with E-state index in [1.54, 1.807) is 12.1 Å². The molecule has 3 atom stereocenters. The molecule has 1 heterocycles. The molecule has 3 rings (SSSR count). The predicted molar refractivity (Wildman–Crippen MR) is 105 cm³/mol. The van der Waals surface area contributed by atoms with Crippen LogP contribution in [0, 0.1) is 0 Å². The second-order valence-electron chi connectivity index (χ2n) is 6.92.